The van der Waals surface area contributed by atoms with Gasteiger partial charge in [0.15, 0.2) is 0 Å². The smallest absolute Gasteiger partial charge is 0.258 e. The molecule has 3 nitrogen and oxygen atoms in total. The molecule has 1 rings (SSSR count). The average molecular weight is 245 g/mol. The second-order valence-electron chi connectivity index (χ2n) is 3.73. The summed E-state index contributed by atoms with van der Waals surface area (Å²) in [5, 5.41) is 0. The molecule has 0 fully saturated rings. The highest BCUT2D eigenvalue weighted by Crippen LogP contribution is 2.09. The fraction of sp³-hybridized carbons (Fsp3) is 0.600. The van der Waals surface area contributed by atoms with Gasteiger partial charge in [-0.3, -0.25) is 0 Å². The Morgan fingerprint density at radius 3 is 2.87 bits per heavy atom. The van der Waals surface area contributed by atoms with Crippen molar-refractivity contribution in [2.45, 2.75) is 26.3 Å². The molecular formula is C10H17N2OS2+. The molecule has 0 atom stereocenters. The number of thiol groups is 1. The zero-order valence-corrected chi connectivity index (χ0v) is 11.0. The van der Waals surface area contributed by atoms with Gasteiger partial charge in [0.05, 0.1) is 13.0 Å². The molecule has 0 unspecified atom stereocenters. The minimum absolute atomic E-state index is 0.303. The maximum atomic E-state index is 5.16. The van der Waals surface area contributed by atoms with Gasteiger partial charge in [-0.05, 0) is 12.2 Å². The van der Waals surface area contributed by atoms with E-state index in [0.29, 0.717) is 16.9 Å². The lowest BCUT2D eigenvalue weighted by Gasteiger charge is -2.06. The third-order valence-corrected chi connectivity index (χ3v) is 2.45. The van der Waals surface area contributed by atoms with E-state index in [1.54, 1.807) is 0 Å². The van der Waals surface area contributed by atoms with Crippen LogP contribution in [0, 0.1) is 0 Å². The number of aromatic nitrogens is 2. The lowest BCUT2D eigenvalue weighted by atomic mass is 10.2. The Kier molecular flexibility index (Phi) is 4.60. The number of nitrogens with zero attached hydrogens (tertiary/aromatic N) is 2. The van der Waals surface area contributed by atoms with Gasteiger partial charge in [0.2, 0.25) is 4.38 Å². The van der Waals surface area contributed by atoms with Gasteiger partial charge < -0.3 is 4.74 Å². The molecule has 1 heterocycles. The number of rotatable bonds is 4. The largest absolute Gasteiger partial charge is 0.475 e. The molecular weight excluding hydrogens is 228 g/mol. The molecule has 0 aliphatic carbocycles. The number of imidazole rings is 1. The number of aryl methyl sites for hydroxylation is 1. The van der Waals surface area contributed by atoms with E-state index in [9.17, 15) is 0 Å². The van der Waals surface area contributed by atoms with Crippen LogP contribution in [0.25, 0.3) is 0 Å². The molecule has 0 N–H and O–H groups in total. The van der Waals surface area contributed by atoms with Crippen LogP contribution >= 0.6 is 24.8 Å². The van der Waals surface area contributed by atoms with Gasteiger partial charge in [0.25, 0.3) is 5.82 Å². The second-order valence-corrected chi connectivity index (χ2v) is 4.81. The Morgan fingerprint density at radius 1 is 1.67 bits per heavy atom. The van der Waals surface area contributed by atoms with Crippen molar-refractivity contribution >= 4 is 29.2 Å². The molecule has 0 aliphatic heterocycles. The predicted octanol–water partition coefficient (Wildman–Crippen LogP) is 1.67. The van der Waals surface area contributed by atoms with Crippen LogP contribution in [0.1, 0.15) is 25.6 Å². The summed E-state index contributed by atoms with van der Waals surface area (Å²) in [6.07, 6.45) is 4.11. The maximum absolute atomic E-state index is 5.16. The summed E-state index contributed by atoms with van der Waals surface area (Å²) < 4.78 is 9.76. The van der Waals surface area contributed by atoms with Crippen molar-refractivity contribution in [2.75, 3.05) is 6.61 Å². The molecule has 0 amide bonds. The van der Waals surface area contributed by atoms with Gasteiger partial charge in [-0.25, -0.2) is 9.13 Å². The van der Waals surface area contributed by atoms with Crippen molar-refractivity contribution in [1.82, 2.24) is 4.57 Å². The van der Waals surface area contributed by atoms with E-state index in [1.807, 2.05) is 6.20 Å². The highest BCUT2D eigenvalue weighted by molar-refractivity contribution is 8.10. The maximum Gasteiger partial charge on any atom is 0.258 e. The number of thiocarbonyl (C=S) groups is 1. The Hall–Kier alpha value is -0.550. The Balaban J connectivity index is 2.64. The summed E-state index contributed by atoms with van der Waals surface area (Å²) in [4.78, 5) is 0. The SMILES string of the molecule is CC(C)c1n(CCOC(=S)S)cc[n+]1C. The zero-order valence-electron chi connectivity index (χ0n) is 9.30. The summed E-state index contributed by atoms with van der Waals surface area (Å²) in [7, 11) is 2.05. The van der Waals surface area contributed by atoms with Gasteiger partial charge >= 0.3 is 0 Å². The van der Waals surface area contributed by atoms with Crippen LogP contribution in [0.15, 0.2) is 12.4 Å². The predicted molar refractivity (Wildman–Crippen MR) is 67.2 cm³/mol. The fourth-order valence-electron chi connectivity index (χ4n) is 1.70. The number of hydrogen-bond donors (Lipinski definition) is 1. The summed E-state index contributed by atoms with van der Waals surface area (Å²) in [5.41, 5.74) is 0. The summed E-state index contributed by atoms with van der Waals surface area (Å²) in [6.45, 7) is 5.72. The highest BCUT2D eigenvalue weighted by atomic mass is 32.1. The molecule has 0 spiro atoms. The molecule has 0 radical (unpaired) electrons. The topological polar surface area (TPSA) is 18.0 Å². The van der Waals surface area contributed by atoms with Crippen molar-refractivity contribution in [2.24, 2.45) is 7.05 Å². The molecule has 5 heteroatoms. The first-order valence-corrected chi connectivity index (χ1v) is 5.78. The van der Waals surface area contributed by atoms with E-state index < -0.39 is 0 Å². The highest BCUT2D eigenvalue weighted by Gasteiger charge is 2.17. The summed E-state index contributed by atoms with van der Waals surface area (Å²) >= 11 is 8.64. The zero-order chi connectivity index (χ0) is 11.4. The molecule has 15 heavy (non-hydrogen) atoms. The normalized spacial score (nSPS) is 10.7. The minimum Gasteiger partial charge on any atom is -0.475 e. The molecule has 0 saturated carbocycles. The molecule has 0 aromatic carbocycles. The molecule has 1 aromatic rings. The van der Waals surface area contributed by atoms with Crippen molar-refractivity contribution in [3.8, 4) is 0 Å². The van der Waals surface area contributed by atoms with Crippen LogP contribution in [0.4, 0.5) is 0 Å². The third-order valence-electron chi connectivity index (χ3n) is 2.20. The van der Waals surface area contributed by atoms with Crippen molar-refractivity contribution in [3.63, 3.8) is 0 Å². The van der Waals surface area contributed by atoms with E-state index in [1.165, 1.54) is 5.82 Å². The van der Waals surface area contributed by atoms with Crippen molar-refractivity contribution < 1.29 is 9.30 Å². The molecule has 84 valence electrons. The molecule has 0 saturated heterocycles. The van der Waals surface area contributed by atoms with Gasteiger partial charge in [-0.2, -0.15) is 0 Å². The van der Waals surface area contributed by atoms with Gasteiger partial charge in [-0.1, -0.05) is 26.5 Å². The quantitative estimate of drug-likeness (QED) is 0.494. The van der Waals surface area contributed by atoms with E-state index in [-0.39, 0.29) is 0 Å². The fourth-order valence-corrected chi connectivity index (χ4v) is 1.87. The number of hydrogen-bond acceptors (Lipinski definition) is 2. The lowest BCUT2D eigenvalue weighted by Crippen LogP contribution is -2.33. The van der Waals surface area contributed by atoms with E-state index in [4.69, 9.17) is 17.0 Å². The molecule has 1 aromatic heterocycles. The summed E-state index contributed by atoms with van der Waals surface area (Å²) in [5.74, 6) is 1.77. The molecule has 0 bridgehead atoms. The monoisotopic (exact) mass is 245 g/mol. The lowest BCUT2D eigenvalue weighted by molar-refractivity contribution is -0.680. The second kappa shape index (κ2) is 5.51. The first-order chi connectivity index (χ1) is 7.02. The van der Waals surface area contributed by atoms with Crippen LogP contribution in [-0.4, -0.2) is 15.6 Å². The standard InChI is InChI=1S/C10H16N2OS2/c1-8(2)9-11(3)4-5-12(9)6-7-13-10(14)15/h4-5,8H,6-7H2,1-3H3/p+1. The summed E-state index contributed by atoms with van der Waals surface area (Å²) in [6, 6.07) is 0. The van der Waals surface area contributed by atoms with Crippen LogP contribution in [-0.2, 0) is 18.3 Å². The van der Waals surface area contributed by atoms with Crippen LogP contribution in [0.2, 0.25) is 0 Å². The Bertz CT molecular complexity index is 347. The van der Waals surface area contributed by atoms with Gasteiger partial charge in [-0.15, -0.1) is 0 Å². The number of ether oxygens (including phenoxy) is 1. The minimum atomic E-state index is 0.303. The van der Waals surface area contributed by atoms with Gasteiger partial charge in [0.1, 0.15) is 25.5 Å². The van der Waals surface area contributed by atoms with Crippen LogP contribution in [0.5, 0.6) is 0 Å². The third kappa shape index (κ3) is 3.50. The molecule has 0 aliphatic rings. The first-order valence-electron chi connectivity index (χ1n) is 4.92. The van der Waals surface area contributed by atoms with E-state index in [2.05, 4.69) is 48.9 Å². The van der Waals surface area contributed by atoms with Crippen LogP contribution < -0.4 is 4.57 Å². The van der Waals surface area contributed by atoms with Crippen molar-refractivity contribution in [1.29, 1.82) is 0 Å². The van der Waals surface area contributed by atoms with E-state index in [0.717, 1.165) is 6.54 Å². The van der Waals surface area contributed by atoms with E-state index >= 15 is 0 Å². The Morgan fingerprint density at radius 2 is 2.33 bits per heavy atom. The van der Waals surface area contributed by atoms with Crippen LogP contribution in [0.3, 0.4) is 0 Å². The van der Waals surface area contributed by atoms with Crippen molar-refractivity contribution in [3.05, 3.63) is 18.2 Å². The first kappa shape index (κ1) is 12.5. The average Bonchev–Trinajstić information content (AvgIpc) is 2.46. The Labute approximate surface area is 101 Å². The van der Waals surface area contributed by atoms with Gasteiger partial charge in [0, 0.05) is 0 Å².